The van der Waals surface area contributed by atoms with Gasteiger partial charge in [0.05, 0.1) is 11.9 Å². The molecule has 1 N–H and O–H groups in total. The molecule has 0 saturated heterocycles. The number of aromatic nitrogens is 2. The summed E-state index contributed by atoms with van der Waals surface area (Å²) < 4.78 is 0. The third kappa shape index (κ3) is 2.16. The second kappa shape index (κ2) is 4.23. The number of rotatable bonds is 3. The summed E-state index contributed by atoms with van der Waals surface area (Å²) in [6, 6.07) is 0. The lowest BCUT2D eigenvalue weighted by Crippen LogP contribution is -2.08. The fraction of sp³-hybridized carbons (Fsp3) is 0.125. The van der Waals surface area contributed by atoms with Crippen LogP contribution >= 0.6 is 0 Å². The van der Waals surface area contributed by atoms with Gasteiger partial charge in [0.15, 0.2) is 0 Å². The first kappa shape index (κ1) is 8.39. The van der Waals surface area contributed by atoms with Crippen LogP contribution in [-0.4, -0.2) is 16.3 Å². The normalized spacial score (nSPS) is 10.3. The summed E-state index contributed by atoms with van der Waals surface area (Å²) in [7, 11) is 0. The maximum atomic E-state index is 11.0. The Hall–Kier alpha value is -1.71. The number of nitrogens with zero attached hydrogens (tertiary/aromatic N) is 1. The SMILES string of the molecule is O=CCC=Cc1cnc[nH]c1=O. The first-order valence-electron chi connectivity index (χ1n) is 3.47. The van der Waals surface area contributed by atoms with Gasteiger partial charge >= 0.3 is 0 Å². The summed E-state index contributed by atoms with van der Waals surface area (Å²) in [6.45, 7) is 0. The third-order valence-electron chi connectivity index (χ3n) is 1.28. The quantitative estimate of drug-likeness (QED) is 0.656. The van der Waals surface area contributed by atoms with Crippen LogP contribution in [0.3, 0.4) is 0 Å². The molecule has 0 atom stereocenters. The van der Waals surface area contributed by atoms with Crippen molar-refractivity contribution in [3.05, 3.63) is 34.5 Å². The lowest BCUT2D eigenvalue weighted by atomic mass is 10.3. The molecule has 4 nitrogen and oxygen atoms in total. The summed E-state index contributed by atoms with van der Waals surface area (Å²) >= 11 is 0. The second-order valence-electron chi connectivity index (χ2n) is 2.14. The fourth-order valence-electron chi connectivity index (χ4n) is 0.725. The van der Waals surface area contributed by atoms with Crippen LogP contribution in [0.15, 0.2) is 23.4 Å². The minimum absolute atomic E-state index is 0.202. The highest BCUT2D eigenvalue weighted by molar-refractivity contribution is 5.57. The molecule has 0 unspecified atom stereocenters. The van der Waals surface area contributed by atoms with Crippen LogP contribution in [0.4, 0.5) is 0 Å². The molecule has 0 aromatic carbocycles. The maximum absolute atomic E-state index is 11.0. The van der Waals surface area contributed by atoms with E-state index in [0.717, 1.165) is 6.29 Å². The monoisotopic (exact) mass is 164 g/mol. The van der Waals surface area contributed by atoms with Gasteiger partial charge in [-0.25, -0.2) is 4.98 Å². The molecule has 0 aliphatic carbocycles. The molecule has 0 saturated carbocycles. The van der Waals surface area contributed by atoms with Crippen molar-refractivity contribution < 1.29 is 4.79 Å². The second-order valence-corrected chi connectivity index (χ2v) is 2.14. The minimum Gasteiger partial charge on any atom is -0.313 e. The lowest BCUT2D eigenvalue weighted by Gasteiger charge is -1.87. The summed E-state index contributed by atoms with van der Waals surface area (Å²) in [5.74, 6) is 0. The van der Waals surface area contributed by atoms with Crippen molar-refractivity contribution in [3.63, 3.8) is 0 Å². The number of aromatic amines is 1. The Bertz CT molecular complexity index is 341. The lowest BCUT2D eigenvalue weighted by molar-refractivity contribution is -0.107. The van der Waals surface area contributed by atoms with Gasteiger partial charge in [0.25, 0.3) is 5.56 Å². The van der Waals surface area contributed by atoms with Crippen molar-refractivity contribution in [1.82, 2.24) is 9.97 Å². The molecular formula is C8H8N2O2. The van der Waals surface area contributed by atoms with Crippen molar-refractivity contribution in [3.8, 4) is 0 Å². The molecule has 0 aliphatic rings. The highest BCUT2D eigenvalue weighted by Gasteiger charge is 1.90. The minimum atomic E-state index is -0.202. The summed E-state index contributed by atoms with van der Waals surface area (Å²) in [4.78, 5) is 27.1. The molecule has 0 fully saturated rings. The Morgan fingerprint density at radius 3 is 3.08 bits per heavy atom. The van der Waals surface area contributed by atoms with Gasteiger partial charge in [-0.15, -0.1) is 0 Å². The van der Waals surface area contributed by atoms with Crippen LogP contribution in [0.25, 0.3) is 6.08 Å². The van der Waals surface area contributed by atoms with Crippen LogP contribution in [-0.2, 0) is 4.79 Å². The molecule has 1 aromatic heterocycles. The van der Waals surface area contributed by atoms with E-state index in [1.165, 1.54) is 12.5 Å². The van der Waals surface area contributed by atoms with Crippen LogP contribution in [0.5, 0.6) is 0 Å². The fourth-order valence-corrected chi connectivity index (χ4v) is 0.725. The zero-order valence-corrected chi connectivity index (χ0v) is 6.36. The number of hydrogen-bond donors (Lipinski definition) is 1. The molecular weight excluding hydrogens is 156 g/mol. The highest BCUT2D eigenvalue weighted by Crippen LogP contribution is 1.90. The Morgan fingerprint density at radius 2 is 2.42 bits per heavy atom. The average molecular weight is 164 g/mol. The number of nitrogens with one attached hydrogen (secondary N) is 1. The zero-order chi connectivity index (χ0) is 8.81. The first-order chi connectivity index (χ1) is 5.84. The highest BCUT2D eigenvalue weighted by atomic mass is 16.1. The van der Waals surface area contributed by atoms with Gasteiger partial charge in [0.1, 0.15) is 6.29 Å². The molecule has 62 valence electrons. The first-order valence-corrected chi connectivity index (χ1v) is 3.47. The van der Waals surface area contributed by atoms with E-state index >= 15 is 0 Å². The van der Waals surface area contributed by atoms with E-state index in [1.807, 2.05) is 0 Å². The van der Waals surface area contributed by atoms with E-state index in [9.17, 15) is 9.59 Å². The van der Waals surface area contributed by atoms with Crippen LogP contribution in [0.2, 0.25) is 0 Å². The van der Waals surface area contributed by atoms with Crippen molar-refractivity contribution in [2.45, 2.75) is 6.42 Å². The van der Waals surface area contributed by atoms with Gasteiger partial charge in [-0.2, -0.15) is 0 Å². The summed E-state index contributed by atoms with van der Waals surface area (Å²) in [5.41, 5.74) is 0.256. The summed E-state index contributed by atoms with van der Waals surface area (Å²) in [5, 5.41) is 0. The van der Waals surface area contributed by atoms with Crippen molar-refractivity contribution in [2.75, 3.05) is 0 Å². The van der Waals surface area contributed by atoms with Gasteiger partial charge < -0.3 is 9.78 Å². The Balaban J connectivity index is 2.82. The molecule has 1 rings (SSSR count). The Kier molecular flexibility index (Phi) is 2.95. The maximum Gasteiger partial charge on any atom is 0.257 e. The molecule has 0 radical (unpaired) electrons. The van der Waals surface area contributed by atoms with E-state index in [1.54, 1.807) is 12.2 Å². The van der Waals surface area contributed by atoms with Crippen molar-refractivity contribution in [1.29, 1.82) is 0 Å². The van der Waals surface area contributed by atoms with Gasteiger partial charge in [-0.3, -0.25) is 4.79 Å². The number of hydrogen-bond acceptors (Lipinski definition) is 3. The number of allylic oxidation sites excluding steroid dienone is 1. The van der Waals surface area contributed by atoms with Crippen LogP contribution in [0, 0.1) is 0 Å². The molecule has 0 spiro atoms. The predicted octanol–water partition coefficient (Wildman–Crippen LogP) is 0.372. The predicted molar refractivity (Wildman–Crippen MR) is 44.6 cm³/mol. The number of aldehydes is 1. The molecule has 1 aromatic rings. The molecule has 1 heterocycles. The van der Waals surface area contributed by atoms with Crippen LogP contribution in [0.1, 0.15) is 12.0 Å². The third-order valence-corrected chi connectivity index (χ3v) is 1.28. The van der Waals surface area contributed by atoms with E-state index in [4.69, 9.17) is 0 Å². The van der Waals surface area contributed by atoms with E-state index < -0.39 is 0 Å². The topological polar surface area (TPSA) is 62.8 Å². The molecule has 0 bridgehead atoms. The van der Waals surface area contributed by atoms with Gasteiger partial charge in [-0.1, -0.05) is 12.2 Å². The average Bonchev–Trinajstić information content (AvgIpc) is 2.09. The molecule has 12 heavy (non-hydrogen) atoms. The number of carbonyl (C=O) groups excluding carboxylic acids is 1. The summed E-state index contributed by atoms with van der Waals surface area (Å²) in [6.07, 6.45) is 7.02. The molecule has 0 amide bonds. The van der Waals surface area contributed by atoms with Gasteiger partial charge in [0.2, 0.25) is 0 Å². The Labute approximate surface area is 69.0 Å². The standard InChI is InChI=1S/C8H8N2O2/c11-4-2-1-3-7-5-9-6-10-8(7)12/h1,3-6H,2H2,(H,9,10,12). The Morgan fingerprint density at radius 1 is 1.58 bits per heavy atom. The number of H-pyrrole nitrogens is 1. The van der Waals surface area contributed by atoms with Crippen molar-refractivity contribution >= 4 is 12.4 Å². The van der Waals surface area contributed by atoms with E-state index in [-0.39, 0.29) is 5.56 Å². The smallest absolute Gasteiger partial charge is 0.257 e. The largest absolute Gasteiger partial charge is 0.313 e. The van der Waals surface area contributed by atoms with Gasteiger partial charge in [-0.05, 0) is 0 Å². The zero-order valence-electron chi connectivity index (χ0n) is 6.36. The van der Waals surface area contributed by atoms with E-state index in [0.29, 0.717) is 12.0 Å². The van der Waals surface area contributed by atoms with Crippen LogP contribution < -0.4 is 5.56 Å². The molecule has 0 aliphatic heterocycles. The number of carbonyl (C=O) groups is 1. The van der Waals surface area contributed by atoms with Crippen molar-refractivity contribution in [2.24, 2.45) is 0 Å². The van der Waals surface area contributed by atoms with Gasteiger partial charge in [0, 0.05) is 12.6 Å². The van der Waals surface area contributed by atoms with E-state index in [2.05, 4.69) is 9.97 Å². The molecule has 4 heteroatoms.